The lowest BCUT2D eigenvalue weighted by Gasteiger charge is -2.32. The van der Waals surface area contributed by atoms with Crippen LogP contribution in [0.3, 0.4) is 0 Å². The van der Waals surface area contributed by atoms with E-state index in [0.717, 1.165) is 94.4 Å². The molecule has 0 bridgehead atoms. The standard InChI is InChI=1S/C21H27N5O2/c27-21(16-6-7-16)26-9-3-8-24(10-11-26)19-20(25-12-14-28-15-13-25)23-18-5-2-1-4-17(18)22-19/h1-2,4-5,16H,3,6-15H2. The molecule has 7 nitrogen and oxygen atoms in total. The van der Waals surface area contributed by atoms with Gasteiger partial charge in [-0.1, -0.05) is 12.1 Å². The highest BCUT2D eigenvalue weighted by Crippen LogP contribution is 2.32. The summed E-state index contributed by atoms with van der Waals surface area (Å²) in [5, 5.41) is 0. The van der Waals surface area contributed by atoms with Crippen molar-refractivity contribution in [2.24, 2.45) is 5.92 Å². The fourth-order valence-electron chi connectivity index (χ4n) is 4.12. The number of hydrogen-bond acceptors (Lipinski definition) is 6. The summed E-state index contributed by atoms with van der Waals surface area (Å²) in [7, 11) is 0. The highest BCUT2D eigenvalue weighted by atomic mass is 16.5. The number of hydrogen-bond donors (Lipinski definition) is 0. The van der Waals surface area contributed by atoms with Gasteiger partial charge in [-0.05, 0) is 31.4 Å². The Kier molecular flexibility index (Phi) is 4.76. The Morgan fingerprint density at radius 2 is 1.50 bits per heavy atom. The highest BCUT2D eigenvalue weighted by molar-refractivity contribution is 5.82. The van der Waals surface area contributed by atoms with Gasteiger partial charge in [0.1, 0.15) is 0 Å². The maximum absolute atomic E-state index is 12.5. The lowest BCUT2D eigenvalue weighted by atomic mass is 10.2. The molecule has 1 amide bonds. The molecule has 0 unspecified atom stereocenters. The number of carbonyl (C=O) groups is 1. The average molecular weight is 381 g/mol. The molecular weight excluding hydrogens is 354 g/mol. The van der Waals surface area contributed by atoms with E-state index in [1.54, 1.807) is 0 Å². The molecule has 5 rings (SSSR count). The molecule has 3 aliphatic rings. The van der Waals surface area contributed by atoms with Crippen LogP contribution < -0.4 is 9.80 Å². The van der Waals surface area contributed by atoms with E-state index in [1.807, 2.05) is 24.3 Å². The van der Waals surface area contributed by atoms with Crippen LogP contribution >= 0.6 is 0 Å². The molecule has 2 saturated heterocycles. The van der Waals surface area contributed by atoms with Crippen molar-refractivity contribution in [3.05, 3.63) is 24.3 Å². The predicted octanol–water partition coefficient (Wildman–Crippen LogP) is 1.92. The summed E-state index contributed by atoms with van der Waals surface area (Å²) >= 11 is 0. The van der Waals surface area contributed by atoms with Crippen molar-refractivity contribution < 1.29 is 9.53 Å². The summed E-state index contributed by atoms with van der Waals surface area (Å²) in [5.74, 6) is 2.53. The molecule has 0 radical (unpaired) electrons. The summed E-state index contributed by atoms with van der Waals surface area (Å²) in [4.78, 5) is 29.2. The summed E-state index contributed by atoms with van der Waals surface area (Å²) in [5.41, 5.74) is 1.85. The van der Waals surface area contributed by atoms with E-state index in [2.05, 4.69) is 14.7 Å². The van der Waals surface area contributed by atoms with Crippen LogP contribution in [-0.4, -0.2) is 73.3 Å². The number of amides is 1. The Balaban J connectivity index is 1.45. The smallest absolute Gasteiger partial charge is 0.225 e. The van der Waals surface area contributed by atoms with Crippen molar-refractivity contribution in [3.8, 4) is 0 Å². The van der Waals surface area contributed by atoms with Gasteiger partial charge < -0.3 is 19.4 Å². The van der Waals surface area contributed by atoms with Crippen LogP contribution in [0.25, 0.3) is 11.0 Å². The van der Waals surface area contributed by atoms with Crippen LogP contribution in [0.5, 0.6) is 0 Å². The molecule has 0 N–H and O–H groups in total. The first-order chi connectivity index (χ1) is 13.8. The molecule has 148 valence electrons. The number of carbonyl (C=O) groups excluding carboxylic acids is 1. The molecule has 3 fully saturated rings. The van der Waals surface area contributed by atoms with Crippen LogP contribution in [0, 0.1) is 5.92 Å². The third-order valence-electron chi connectivity index (χ3n) is 5.88. The molecule has 0 spiro atoms. The first-order valence-electron chi connectivity index (χ1n) is 10.4. The largest absolute Gasteiger partial charge is 0.378 e. The molecule has 3 heterocycles. The van der Waals surface area contributed by atoms with Gasteiger partial charge in [0.05, 0.1) is 24.2 Å². The zero-order chi connectivity index (χ0) is 18.9. The second-order valence-corrected chi connectivity index (χ2v) is 7.90. The number of anilines is 2. The summed E-state index contributed by atoms with van der Waals surface area (Å²) in [6.45, 7) is 6.43. The SMILES string of the molecule is O=C(C1CC1)N1CCCN(c2nc3ccccc3nc2N2CCOCC2)CC1. The normalized spacial score (nSPS) is 21.1. The van der Waals surface area contributed by atoms with Gasteiger partial charge in [-0.3, -0.25) is 4.79 Å². The van der Waals surface area contributed by atoms with Crippen molar-refractivity contribution in [2.45, 2.75) is 19.3 Å². The zero-order valence-corrected chi connectivity index (χ0v) is 16.2. The van der Waals surface area contributed by atoms with Crippen LogP contribution in [0.15, 0.2) is 24.3 Å². The van der Waals surface area contributed by atoms with Gasteiger partial charge >= 0.3 is 0 Å². The molecule has 28 heavy (non-hydrogen) atoms. The van der Waals surface area contributed by atoms with E-state index >= 15 is 0 Å². The first kappa shape index (κ1) is 17.7. The number of rotatable bonds is 3. The van der Waals surface area contributed by atoms with Gasteiger partial charge in [0.2, 0.25) is 5.91 Å². The van der Waals surface area contributed by atoms with Crippen molar-refractivity contribution >= 4 is 28.6 Å². The maximum Gasteiger partial charge on any atom is 0.225 e. The lowest BCUT2D eigenvalue weighted by molar-refractivity contribution is -0.132. The predicted molar refractivity (Wildman–Crippen MR) is 109 cm³/mol. The van der Waals surface area contributed by atoms with Gasteiger partial charge in [-0.2, -0.15) is 0 Å². The number of nitrogens with zero attached hydrogens (tertiary/aromatic N) is 5. The first-order valence-corrected chi connectivity index (χ1v) is 10.4. The third-order valence-corrected chi connectivity index (χ3v) is 5.88. The van der Waals surface area contributed by atoms with E-state index in [4.69, 9.17) is 14.7 Å². The molecule has 0 atom stereocenters. The minimum Gasteiger partial charge on any atom is -0.378 e. The molecule has 1 aromatic heterocycles. The van der Waals surface area contributed by atoms with Crippen molar-refractivity contribution in [1.29, 1.82) is 0 Å². The minimum atomic E-state index is 0.288. The second-order valence-electron chi connectivity index (χ2n) is 7.90. The number of benzene rings is 1. The summed E-state index contributed by atoms with van der Waals surface area (Å²) in [6.07, 6.45) is 3.10. The monoisotopic (exact) mass is 381 g/mol. The number of ether oxygens (including phenoxy) is 1. The number of morpholine rings is 1. The Morgan fingerprint density at radius 1 is 0.857 bits per heavy atom. The van der Waals surface area contributed by atoms with Crippen molar-refractivity contribution in [3.63, 3.8) is 0 Å². The fraction of sp³-hybridized carbons (Fsp3) is 0.571. The van der Waals surface area contributed by atoms with E-state index < -0.39 is 0 Å². The van der Waals surface area contributed by atoms with Crippen LogP contribution in [0.1, 0.15) is 19.3 Å². The Bertz CT molecular complexity index is 863. The Labute approximate surface area is 165 Å². The third kappa shape index (κ3) is 3.51. The van der Waals surface area contributed by atoms with Crippen LogP contribution in [-0.2, 0) is 9.53 Å². The minimum absolute atomic E-state index is 0.288. The molecule has 1 saturated carbocycles. The molecular formula is C21H27N5O2. The van der Waals surface area contributed by atoms with Gasteiger partial charge in [-0.15, -0.1) is 0 Å². The fourth-order valence-corrected chi connectivity index (χ4v) is 4.12. The molecule has 2 aliphatic heterocycles. The molecule has 1 aliphatic carbocycles. The van der Waals surface area contributed by atoms with Gasteiger partial charge in [-0.25, -0.2) is 9.97 Å². The topological polar surface area (TPSA) is 61.8 Å². The maximum atomic E-state index is 12.5. The highest BCUT2D eigenvalue weighted by Gasteiger charge is 2.34. The molecule has 1 aromatic carbocycles. The van der Waals surface area contributed by atoms with Gasteiger partial charge in [0.25, 0.3) is 0 Å². The van der Waals surface area contributed by atoms with Crippen LogP contribution in [0.2, 0.25) is 0 Å². The Hall–Kier alpha value is -2.41. The van der Waals surface area contributed by atoms with Crippen LogP contribution in [0.4, 0.5) is 11.6 Å². The summed E-state index contributed by atoms with van der Waals surface area (Å²) < 4.78 is 5.54. The van der Waals surface area contributed by atoms with Gasteiger partial charge in [0.15, 0.2) is 11.6 Å². The van der Waals surface area contributed by atoms with E-state index in [1.165, 1.54) is 0 Å². The number of fused-ring (bicyclic) bond motifs is 1. The van der Waals surface area contributed by atoms with Crippen molar-refractivity contribution in [2.75, 3.05) is 62.3 Å². The second kappa shape index (κ2) is 7.54. The van der Waals surface area contributed by atoms with Crippen molar-refractivity contribution in [1.82, 2.24) is 14.9 Å². The summed E-state index contributed by atoms with van der Waals surface area (Å²) in [6, 6.07) is 8.06. The quantitative estimate of drug-likeness (QED) is 0.810. The van der Waals surface area contributed by atoms with Gasteiger partial charge in [0, 0.05) is 45.2 Å². The van der Waals surface area contributed by atoms with E-state index in [-0.39, 0.29) is 5.92 Å². The van der Waals surface area contributed by atoms with E-state index in [9.17, 15) is 4.79 Å². The number of aromatic nitrogens is 2. The molecule has 2 aromatic rings. The molecule has 7 heteroatoms. The average Bonchev–Trinajstić information content (AvgIpc) is 3.60. The lowest BCUT2D eigenvalue weighted by Crippen LogP contribution is -2.39. The Morgan fingerprint density at radius 3 is 2.14 bits per heavy atom. The zero-order valence-electron chi connectivity index (χ0n) is 16.2. The van der Waals surface area contributed by atoms with E-state index in [0.29, 0.717) is 5.91 Å². The number of para-hydroxylation sites is 2.